The van der Waals surface area contributed by atoms with E-state index in [1.807, 2.05) is 24.3 Å². The molecule has 2 aromatic rings. The topological polar surface area (TPSA) is 61.5 Å². The molecular weight excluding hydrogens is 346 g/mol. The number of aryl methyl sites for hydroxylation is 1. The van der Waals surface area contributed by atoms with Crippen molar-refractivity contribution in [2.24, 2.45) is 11.7 Å². The molecule has 1 aliphatic heterocycles. The van der Waals surface area contributed by atoms with Crippen molar-refractivity contribution >= 4 is 17.3 Å². The summed E-state index contributed by atoms with van der Waals surface area (Å²) in [5.74, 6) is 0.713. The van der Waals surface area contributed by atoms with Gasteiger partial charge in [0.1, 0.15) is 0 Å². The predicted molar refractivity (Wildman–Crippen MR) is 108 cm³/mol. The zero-order chi connectivity index (χ0) is 18.5. The molecule has 1 aliphatic rings. The van der Waals surface area contributed by atoms with E-state index in [-0.39, 0.29) is 0 Å². The predicted octanol–water partition coefficient (Wildman–Crippen LogP) is 3.75. The van der Waals surface area contributed by atoms with Crippen molar-refractivity contribution in [3.8, 4) is 0 Å². The van der Waals surface area contributed by atoms with Crippen LogP contribution in [0.2, 0.25) is 5.02 Å². The van der Waals surface area contributed by atoms with Gasteiger partial charge in [0.05, 0.1) is 0 Å². The second kappa shape index (κ2) is 8.87. The second-order valence-corrected chi connectivity index (χ2v) is 7.68. The van der Waals surface area contributed by atoms with Crippen molar-refractivity contribution in [2.45, 2.75) is 39.1 Å². The lowest BCUT2D eigenvalue weighted by atomic mass is 9.90. The number of nitrogens with one attached hydrogen (secondary N) is 1. The fourth-order valence-corrected chi connectivity index (χ4v) is 3.99. The van der Waals surface area contributed by atoms with Crippen LogP contribution in [0.1, 0.15) is 29.5 Å². The standard InChI is InChI=1S/C21H28ClN3O/c1-15-4-2-7-20(24-21(23)26)19(15)14-25-10-8-16(9-11-25)12-17-5-3-6-18(22)13-17/h2-7,13,16,21,24,26H,8-12,14,23H2,1H3. The summed E-state index contributed by atoms with van der Waals surface area (Å²) in [5.41, 5.74) is 10.2. The normalized spacial score (nSPS) is 17.2. The van der Waals surface area contributed by atoms with Crippen LogP contribution in [0.25, 0.3) is 0 Å². The van der Waals surface area contributed by atoms with Crippen LogP contribution in [0.4, 0.5) is 5.69 Å². The molecule has 1 unspecified atom stereocenters. The van der Waals surface area contributed by atoms with Gasteiger partial charge in [0.2, 0.25) is 0 Å². The molecule has 0 saturated carbocycles. The summed E-state index contributed by atoms with van der Waals surface area (Å²) in [6.07, 6.45) is 2.45. The van der Waals surface area contributed by atoms with E-state index in [1.165, 1.54) is 29.5 Å². The van der Waals surface area contributed by atoms with Crippen molar-refractivity contribution in [1.82, 2.24) is 4.90 Å². The number of piperidine rings is 1. The summed E-state index contributed by atoms with van der Waals surface area (Å²) >= 11 is 6.10. The first-order valence-electron chi connectivity index (χ1n) is 9.27. The molecular formula is C21H28ClN3O. The smallest absolute Gasteiger partial charge is 0.178 e. The van der Waals surface area contributed by atoms with Gasteiger partial charge in [-0.05, 0) is 80.1 Å². The Bertz CT molecular complexity index is 727. The number of rotatable bonds is 6. The largest absolute Gasteiger partial charge is 0.361 e. The minimum atomic E-state index is -1.04. The lowest BCUT2D eigenvalue weighted by molar-refractivity contribution is 0.176. The molecule has 0 bridgehead atoms. The number of nitrogens with zero attached hydrogens (tertiary/aromatic N) is 1. The maximum atomic E-state index is 9.47. The van der Waals surface area contributed by atoms with Crippen LogP contribution in [0, 0.1) is 12.8 Å². The second-order valence-electron chi connectivity index (χ2n) is 7.24. The Kier molecular flexibility index (Phi) is 6.54. The zero-order valence-corrected chi connectivity index (χ0v) is 16.0. The number of aliphatic hydroxyl groups is 1. The van der Waals surface area contributed by atoms with Gasteiger partial charge in [0.25, 0.3) is 0 Å². The first kappa shape index (κ1) is 19.2. The lowest BCUT2D eigenvalue weighted by Gasteiger charge is -2.33. The Labute approximate surface area is 161 Å². The third-order valence-corrected chi connectivity index (χ3v) is 5.45. The minimum absolute atomic E-state index is 0.713. The van der Waals surface area contributed by atoms with Crippen molar-refractivity contribution in [2.75, 3.05) is 18.4 Å². The molecule has 0 spiro atoms. The van der Waals surface area contributed by atoms with Gasteiger partial charge in [-0.1, -0.05) is 35.9 Å². The van der Waals surface area contributed by atoms with Gasteiger partial charge in [0.15, 0.2) is 6.35 Å². The summed E-state index contributed by atoms with van der Waals surface area (Å²) in [6.45, 7) is 5.16. The zero-order valence-electron chi connectivity index (χ0n) is 15.3. The van der Waals surface area contributed by atoms with Crippen molar-refractivity contribution in [3.63, 3.8) is 0 Å². The minimum Gasteiger partial charge on any atom is -0.361 e. The van der Waals surface area contributed by atoms with Gasteiger partial charge in [-0.15, -0.1) is 0 Å². The molecule has 4 N–H and O–H groups in total. The number of likely N-dealkylation sites (tertiary alicyclic amines) is 1. The van der Waals surface area contributed by atoms with E-state index in [4.69, 9.17) is 17.3 Å². The van der Waals surface area contributed by atoms with Gasteiger partial charge in [0, 0.05) is 17.3 Å². The van der Waals surface area contributed by atoms with Crippen LogP contribution in [0.3, 0.4) is 0 Å². The van der Waals surface area contributed by atoms with Crippen molar-refractivity contribution in [1.29, 1.82) is 0 Å². The summed E-state index contributed by atoms with van der Waals surface area (Å²) in [5, 5.41) is 13.2. The molecule has 0 aliphatic carbocycles. The van der Waals surface area contributed by atoms with Crippen LogP contribution >= 0.6 is 11.6 Å². The average molecular weight is 374 g/mol. The van der Waals surface area contributed by atoms with E-state index < -0.39 is 6.35 Å². The van der Waals surface area contributed by atoms with Crippen LogP contribution in [0.15, 0.2) is 42.5 Å². The van der Waals surface area contributed by atoms with Gasteiger partial charge in [-0.25, -0.2) is 0 Å². The van der Waals surface area contributed by atoms with Crippen LogP contribution in [-0.4, -0.2) is 29.4 Å². The van der Waals surface area contributed by atoms with E-state index in [0.29, 0.717) is 5.92 Å². The number of hydrogen-bond donors (Lipinski definition) is 3. The quantitative estimate of drug-likeness (QED) is 0.675. The Morgan fingerprint density at radius 2 is 1.96 bits per heavy atom. The summed E-state index contributed by atoms with van der Waals surface area (Å²) < 4.78 is 0. The molecule has 0 radical (unpaired) electrons. The molecule has 1 atom stereocenters. The highest BCUT2D eigenvalue weighted by Gasteiger charge is 2.21. The summed E-state index contributed by atoms with van der Waals surface area (Å²) in [6, 6.07) is 14.3. The maximum Gasteiger partial charge on any atom is 0.178 e. The van der Waals surface area contributed by atoms with E-state index in [2.05, 4.69) is 35.3 Å². The van der Waals surface area contributed by atoms with Gasteiger partial charge in [-0.3, -0.25) is 10.6 Å². The van der Waals surface area contributed by atoms with E-state index in [0.717, 1.165) is 36.8 Å². The first-order chi connectivity index (χ1) is 12.5. The number of benzene rings is 2. The Balaban J connectivity index is 1.57. The number of hydrogen-bond acceptors (Lipinski definition) is 4. The Hall–Kier alpha value is -1.59. The molecule has 0 amide bonds. The van der Waals surface area contributed by atoms with Crippen LogP contribution in [0.5, 0.6) is 0 Å². The Morgan fingerprint density at radius 1 is 1.23 bits per heavy atom. The molecule has 4 nitrogen and oxygen atoms in total. The monoisotopic (exact) mass is 373 g/mol. The molecule has 5 heteroatoms. The number of anilines is 1. The molecule has 1 heterocycles. The van der Waals surface area contributed by atoms with Gasteiger partial charge < -0.3 is 10.4 Å². The highest BCUT2D eigenvalue weighted by Crippen LogP contribution is 2.27. The van der Waals surface area contributed by atoms with Crippen LogP contribution < -0.4 is 11.1 Å². The van der Waals surface area contributed by atoms with E-state index >= 15 is 0 Å². The third kappa shape index (κ3) is 5.21. The number of nitrogens with two attached hydrogens (primary N) is 1. The summed E-state index contributed by atoms with van der Waals surface area (Å²) in [7, 11) is 0. The SMILES string of the molecule is Cc1cccc(NC(N)O)c1CN1CCC(Cc2cccc(Cl)c2)CC1. The molecule has 1 saturated heterocycles. The van der Waals surface area contributed by atoms with E-state index in [1.54, 1.807) is 0 Å². The molecule has 0 aromatic heterocycles. The van der Waals surface area contributed by atoms with E-state index in [9.17, 15) is 5.11 Å². The first-order valence-corrected chi connectivity index (χ1v) is 9.64. The Morgan fingerprint density at radius 3 is 2.65 bits per heavy atom. The number of aliphatic hydroxyl groups excluding tert-OH is 1. The molecule has 3 rings (SSSR count). The third-order valence-electron chi connectivity index (χ3n) is 5.22. The van der Waals surface area contributed by atoms with Gasteiger partial charge >= 0.3 is 0 Å². The fraction of sp³-hybridized carbons (Fsp3) is 0.429. The lowest BCUT2D eigenvalue weighted by Crippen LogP contribution is -2.35. The molecule has 2 aromatic carbocycles. The van der Waals surface area contributed by atoms with Crippen LogP contribution in [-0.2, 0) is 13.0 Å². The average Bonchev–Trinajstić information content (AvgIpc) is 2.59. The van der Waals surface area contributed by atoms with Crippen molar-refractivity contribution < 1.29 is 5.11 Å². The summed E-state index contributed by atoms with van der Waals surface area (Å²) in [4.78, 5) is 2.49. The molecule has 26 heavy (non-hydrogen) atoms. The molecule has 1 fully saturated rings. The molecule has 140 valence electrons. The highest BCUT2D eigenvalue weighted by molar-refractivity contribution is 6.30. The van der Waals surface area contributed by atoms with Crippen molar-refractivity contribution in [3.05, 3.63) is 64.2 Å². The maximum absolute atomic E-state index is 9.47. The number of halogens is 1. The van der Waals surface area contributed by atoms with Gasteiger partial charge in [-0.2, -0.15) is 0 Å². The fourth-order valence-electron chi connectivity index (χ4n) is 3.78. The highest BCUT2D eigenvalue weighted by atomic mass is 35.5.